The minimum Gasteiger partial charge on any atom is -0.497 e. The van der Waals surface area contributed by atoms with Crippen molar-refractivity contribution in [3.05, 3.63) is 107 Å². The van der Waals surface area contributed by atoms with Crippen LogP contribution in [0.15, 0.2) is 94.9 Å². The molecular weight excluding hydrogens is 450 g/mol. The van der Waals surface area contributed by atoms with Crippen LogP contribution in [0.1, 0.15) is 11.3 Å². The van der Waals surface area contributed by atoms with Crippen LogP contribution in [0.3, 0.4) is 0 Å². The Kier molecular flexibility index (Phi) is 7.62. The van der Waals surface area contributed by atoms with E-state index >= 15 is 0 Å². The van der Waals surface area contributed by atoms with Crippen molar-refractivity contribution in [3.63, 3.8) is 0 Å². The smallest absolute Gasteiger partial charge is 0.251 e. The zero-order valence-corrected chi connectivity index (χ0v) is 19.3. The van der Waals surface area contributed by atoms with Crippen LogP contribution in [0, 0.1) is 0 Å². The molecule has 1 aromatic heterocycles. The summed E-state index contributed by atoms with van der Waals surface area (Å²) in [6, 6.07) is 25.6. The Labute approximate surface area is 201 Å². The van der Waals surface area contributed by atoms with Gasteiger partial charge in [-0.2, -0.15) is 0 Å². The van der Waals surface area contributed by atoms with E-state index in [-0.39, 0.29) is 17.9 Å². The van der Waals surface area contributed by atoms with Crippen LogP contribution in [0.4, 0.5) is 5.69 Å². The van der Waals surface area contributed by atoms with Gasteiger partial charge < -0.3 is 19.8 Å². The molecule has 172 valence electrons. The largest absolute Gasteiger partial charge is 0.497 e. The second kappa shape index (κ2) is 11.2. The lowest BCUT2D eigenvalue weighted by molar-refractivity contribution is -0.115. The van der Waals surface area contributed by atoms with Gasteiger partial charge in [-0.05, 0) is 54.1 Å². The van der Waals surface area contributed by atoms with Gasteiger partial charge in [0, 0.05) is 17.5 Å². The van der Waals surface area contributed by atoms with Crippen molar-refractivity contribution in [1.29, 1.82) is 0 Å². The molecule has 1 heterocycles. The highest BCUT2D eigenvalue weighted by Gasteiger charge is 2.09. The molecule has 8 heteroatoms. The Morgan fingerprint density at radius 1 is 0.941 bits per heavy atom. The first-order valence-corrected chi connectivity index (χ1v) is 11.5. The Balaban J connectivity index is 1.34. The first-order valence-electron chi connectivity index (χ1n) is 10.6. The first-order chi connectivity index (χ1) is 16.6. The fraction of sp³-hybridized carbons (Fsp3) is 0.115. The zero-order valence-electron chi connectivity index (χ0n) is 18.5. The van der Waals surface area contributed by atoms with Crippen molar-refractivity contribution in [3.8, 4) is 17.2 Å². The number of methoxy groups -OCH3 is 1. The molecular formula is C26H23N3O4S. The molecule has 0 radical (unpaired) electrons. The SMILES string of the molecule is COc1cccc(CSc2nc(CC(=O)Nc3ccc(Oc4ccccc4)cc3)cc(=O)[nH]2)c1. The number of aromatic nitrogens is 2. The van der Waals surface area contributed by atoms with Gasteiger partial charge in [-0.1, -0.05) is 42.1 Å². The number of hydrogen-bond acceptors (Lipinski definition) is 6. The molecule has 0 unspecified atom stereocenters. The summed E-state index contributed by atoms with van der Waals surface area (Å²) in [5.74, 6) is 2.51. The number of thioether (sulfide) groups is 1. The number of hydrogen-bond donors (Lipinski definition) is 2. The Morgan fingerprint density at radius 3 is 2.44 bits per heavy atom. The molecule has 0 aliphatic carbocycles. The standard InChI is InChI=1S/C26H23N3O4S/c1-32-23-9-5-6-18(14-23)17-34-26-28-20(16-25(31)29-26)15-24(30)27-19-10-12-22(13-11-19)33-21-7-3-2-4-8-21/h2-14,16H,15,17H2,1H3,(H,27,30)(H,28,29,31). The van der Waals surface area contributed by atoms with Gasteiger partial charge in [-0.25, -0.2) is 4.98 Å². The summed E-state index contributed by atoms with van der Waals surface area (Å²) in [5, 5.41) is 3.28. The fourth-order valence-electron chi connectivity index (χ4n) is 3.16. The molecule has 0 aliphatic heterocycles. The molecule has 7 nitrogen and oxygen atoms in total. The summed E-state index contributed by atoms with van der Waals surface area (Å²) >= 11 is 1.39. The summed E-state index contributed by atoms with van der Waals surface area (Å²) in [6.07, 6.45) is -0.0150. The second-order valence-corrected chi connectivity index (χ2v) is 8.31. The minimum atomic E-state index is -0.298. The van der Waals surface area contributed by atoms with Crippen molar-refractivity contribution in [2.24, 2.45) is 0 Å². The van der Waals surface area contributed by atoms with Crippen LogP contribution >= 0.6 is 11.8 Å². The number of ether oxygens (including phenoxy) is 2. The molecule has 0 aliphatic rings. The normalized spacial score (nSPS) is 10.5. The number of rotatable bonds is 9. The van der Waals surface area contributed by atoms with Gasteiger partial charge in [0.1, 0.15) is 17.2 Å². The molecule has 0 atom stereocenters. The van der Waals surface area contributed by atoms with E-state index in [0.717, 1.165) is 17.1 Å². The maximum absolute atomic E-state index is 12.5. The minimum absolute atomic E-state index is 0.0150. The Hall–Kier alpha value is -4.04. The van der Waals surface area contributed by atoms with Gasteiger partial charge in [0.25, 0.3) is 5.56 Å². The van der Waals surface area contributed by atoms with Crippen molar-refractivity contribution >= 4 is 23.4 Å². The summed E-state index contributed by atoms with van der Waals surface area (Å²) in [5.41, 5.74) is 1.77. The van der Waals surface area contributed by atoms with E-state index in [2.05, 4.69) is 15.3 Å². The summed E-state index contributed by atoms with van der Waals surface area (Å²) < 4.78 is 11.0. The lowest BCUT2D eigenvalue weighted by Gasteiger charge is -2.08. The molecule has 1 amide bonds. The van der Waals surface area contributed by atoms with Crippen LogP contribution in [0.5, 0.6) is 17.2 Å². The number of para-hydroxylation sites is 1. The van der Waals surface area contributed by atoms with E-state index in [1.165, 1.54) is 17.8 Å². The van der Waals surface area contributed by atoms with Crippen molar-refractivity contribution in [1.82, 2.24) is 9.97 Å². The second-order valence-electron chi connectivity index (χ2n) is 7.35. The average molecular weight is 474 g/mol. The van der Waals surface area contributed by atoms with Crippen LogP contribution in [0.25, 0.3) is 0 Å². The number of carbonyl (C=O) groups excluding carboxylic acids is 1. The number of aromatic amines is 1. The zero-order chi connectivity index (χ0) is 23.8. The molecule has 3 aromatic carbocycles. The number of nitrogens with one attached hydrogen (secondary N) is 2. The molecule has 2 N–H and O–H groups in total. The average Bonchev–Trinajstić information content (AvgIpc) is 2.84. The van der Waals surface area contributed by atoms with E-state index in [9.17, 15) is 9.59 Å². The van der Waals surface area contributed by atoms with Gasteiger partial charge in [0.2, 0.25) is 5.91 Å². The predicted octanol–water partition coefficient (Wildman–Crippen LogP) is 5.04. The lowest BCUT2D eigenvalue weighted by Crippen LogP contribution is -2.18. The van der Waals surface area contributed by atoms with Gasteiger partial charge in [0.05, 0.1) is 19.2 Å². The maximum Gasteiger partial charge on any atom is 0.251 e. The van der Waals surface area contributed by atoms with Gasteiger partial charge in [-0.3, -0.25) is 9.59 Å². The Bertz CT molecular complexity index is 1310. The van der Waals surface area contributed by atoms with E-state index in [1.807, 2.05) is 54.6 Å². The van der Waals surface area contributed by atoms with Crippen LogP contribution in [-0.4, -0.2) is 23.0 Å². The van der Waals surface area contributed by atoms with Gasteiger partial charge in [-0.15, -0.1) is 0 Å². The summed E-state index contributed by atoms with van der Waals surface area (Å²) in [4.78, 5) is 31.7. The quantitative estimate of drug-likeness (QED) is 0.261. The molecule has 0 fully saturated rings. The lowest BCUT2D eigenvalue weighted by atomic mass is 10.2. The number of H-pyrrole nitrogens is 1. The molecule has 0 saturated heterocycles. The first kappa shape index (κ1) is 23.1. The summed E-state index contributed by atoms with van der Waals surface area (Å²) in [6.45, 7) is 0. The third-order valence-electron chi connectivity index (χ3n) is 4.74. The van der Waals surface area contributed by atoms with Crippen molar-refractivity contribution in [2.75, 3.05) is 12.4 Å². The van der Waals surface area contributed by atoms with E-state index in [1.54, 1.807) is 31.4 Å². The van der Waals surface area contributed by atoms with E-state index in [0.29, 0.717) is 28.0 Å². The number of anilines is 1. The number of amides is 1. The van der Waals surface area contributed by atoms with Crippen molar-refractivity contribution < 1.29 is 14.3 Å². The maximum atomic E-state index is 12.5. The highest BCUT2D eigenvalue weighted by atomic mass is 32.2. The number of carbonyl (C=O) groups is 1. The third-order valence-corrected chi connectivity index (χ3v) is 5.69. The molecule has 34 heavy (non-hydrogen) atoms. The number of benzene rings is 3. The Morgan fingerprint density at radius 2 is 1.68 bits per heavy atom. The molecule has 0 spiro atoms. The van der Waals surface area contributed by atoms with E-state index < -0.39 is 0 Å². The molecule has 0 bridgehead atoms. The van der Waals surface area contributed by atoms with Gasteiger partial charge in [0.15, 0.2) is 5.16 Å². The third kappa shape index (κ3) is 6.73. The predicted molar refractivity (Wildman–Crippen MR) is 133 cm³/mol. The van der Waals surface area contributed by atoms with Crippen LogP contribution in [-0.2, 0) is 17.0 Å². The van der Waals surface area contributed by atoms with Crippen LogP contribution in [0.2, 0.25) is 0 Å². The van der Waals surface area contributed by atoms with Crippen molar-refractivity contribution in [2.45, 2.75) is 17.3 Å². The number of nitrogens with zero attached hydrogens (tertiary/aromatic N) is 1. The highest BCUT2D eigenvalue weighted by Crippen LogP contribution is 2.23. The topological polar surface area (TPSA) is 93.3 Å². The van der Waals surface area contributed by atoms with Gasteiger partial charge >= 0.3 is 0 Å². The monoisotopic (exact) mass is 473 g/mol. The van der Waals surface area contributed by atoms with Crippen LogP contribution < -0.4 is 20.3 Å². The highest BCUT2D eigenvalue weighted by molar-refractivity contribution is 7.98. The molecule has 4 rings (SSSR count). The fourth-order valence-corrected chi connectivity index (χ4v) is 3.99. The summed E-state index contributed by atoms with van der Waals surface area (Å²) in [7, 11) is 1.62. The molecule has 4 aromatic rings. The van der Waals surface area contributed by atoms with E-state index in [4.69, 9.17) is 9.47 Å². The molecule has 0 saturated carbocycles.